The number of aliphatic imine (C=N–C) groups is 1. The van der Waals surface area contributed by atoms with Gasteiger partial charge in [0.25, 0.3) is 0 Å². The zero-order chi connectivity index (χ0) is 22.6. The second-order valence-corrected chi connectivity index (χ2v) is 7.78. The van der Waals surface area contributed by atoms with Crippen molar-refractivity contribution in [1.82, 2.24) is 10.2 Å². The molecule has 0 spiro atoms. The minimum absolute atomic E-state index is 0. The van der Waals surface area contributed by atoms with Crippen LogP contribution in [0.3, 0.4) is 0 Å². The molecule has 33 heavy (non-hydrogen) atoms. The number of nitrogens with zero attached hydrogens (tertiary/aromatic N) is 2. The van der Waals surface area contributed by atoms with Gasteiger partial charge < -0.3 is 25.0 Å². The highest BCUT2D eigenvalue weighted by atomic mass is 127. The zero-order valence-corrected chi connectivity index (χ0v) is 21.8. The Balaban J connectivity index is 0.00000385. The normalized spacial score (nSPS) is 13.6. The summed E-state index contributed by atoms with van der Waals surface area (Å²) in [5, 5.41) is 6.64. The Kier molecular flexibility index (Phi) is 12.0. The summed E-state index contributed by atoms with van der Waals surface area (Å²) in [5.74, 6) is 1.77. The molecule has 0 atom stereocenters. The van der Waals surface area contributed by atoms with Gasteiger partial charge in [-0.15, -0.1) is 24.0 Å². The van der Waals surface area contributed by atoms with Crippen LogP contribution in [-0.4, -0.2) is 50.2 Å². The van der Waals surface area contributed by atoms with Crippen molar-refractivity contribution in [2.45, 2.75) is 39.3 Å². The van der Waals surface area contributed by atoms with Crippen LogP contribution in [0.15, 0.2) is 53.5 Å². The Bertz CT molecular complexity index is 907. The summed E-state index contributed by atoms with van der Waals surface area (Å²) in [6, 6.07) is 16.2. The molecule has 1 amide bonds. The lowest BCUT2D eigenvalue weighted by atomic mass is 10.1. The van der Waals surface area contributed by atoms with Gasteiger partial charge in [-0.2, -0.15) is 0 Å². The second-order valence-electron chi connectivity index (χ2n) is 7.78. The maximum absolute atomic E-state index is 11.9. The molecule has 1 aliphatic heterocycles. The van der Waals surface area contributed by atoms with E-state index < -0.39 is 0 Å². The van der Waals surface area contributed by atoms with E-state index in [0.717, 1.165) is 48.5 Å². The molecule has 2 N–H and O–H groups in total. The van der Waals surface area contributed by atoms with E-state index in [4.69, 9.17) is 14.5 Å². The van der Waals surface area contributed by atoms with Gasteiger partial charge in [-0.1, -0.05) is 30.3 Å². The number of ether oxygens (including phenoxy) is 2. The Morgan fingerprint density at radius 2 is 1.94 bits per heavy atom. The zero-order valence-electron chi connectivity index (χ0n) is 19.5. The highest BCUT2D eigenvalue weighted by Gasteiger charge is 2.19. The molecule has 7 nitrogen and oxygen atoms in total. The number of carbonyl (C=O) groups is 1. The molecule has 1 aliphatic rings. The Morgan fingerprint density at radius 1 is 1.12 bits per heavy atom. The van der Waals surface area contributed by atoms with E-state index in [-0.39, 0.29) is 29.9 Å². The molecule has 1 heterocycles. The van der Waals surface area contributed by atoms with E-state index in [1.807, 2.05) is 42.2 Å². The third-order valence-corrected chi connectivity index (χ3v) is 5.16. The van der Waals surface area contributed by atoms with Crippen molar-refractivity contribution in [2.75, 3.05) is 38.7 Å². The van der Waals surface area contributed by atoms with Crippen LogP contribution in [0.25, 0.3) is 0 Å². The van der Waals surface area contributed by atoms with Crippen LogP contribution >= 0.6 is 24.0 Å². The number of methoxy groups -OCH3 is 1. The molecule has 0 saturated carbocycles. The third-order valence-electron chi connectivity index (χ3n) is 5.16. The molecule has 1 fully saturated rings. The van der Waals surface area contributed by atoms with Gasteiger partial charge in [0.15, 0.2) is 5.96 Å². The number of anilines is 1. The summed E-state index contributed by atoms with van der Waals surface area (Å²) in [7, 11) is 1.69. The number of rotatable bonds is 11. The monoisotopic (exact) mass is 566 g/mol. The molecule has 2 aromatic carbocycles. The van der Waals surface area contributed by atoms with Crippen LogP contribution < -0.4 is 15.4 Å². The summed E-state index contributed by atoms with van der Waals surface area (Å²) in [6.07, 6.45) is 2.48. The number of guanidine groups is 1. The molecule has 1 saturated heterocycles. The number of carbonyl (C=O) groups excluding carboxylic acids is 1. The lowest BCUT2D eigenvalue weighted by Gasteiger charge is -2.16. The minimum Gasteiger partial charge on any atom is -0.493 e. The van der Waals surface area contributed by atoms with E-state index in [2.05, 4.69) is 28.8 Å². The van der Waals surface area contributed by atoms with Crippen molar-refractivity contribution in [3.8, 4) is 5.75 Å². The molecule has 3 rings (SSSR count). The van der Waals surface area contributed by atoms with Crippen LogP contribution in [0, 0.1) is 0 Å². The fourth-order valence-corrected chi connectivity index (χ4v) is 3.59. The summed E-state index contributed by atoms with van der Waals surface area (Å²) in [4.78, 5) is 18.6. The van der Waals surface area contributed by atoms with Gasteiger partial charge in [0.2, 0.25) is 5.91 Å². The van der Waals surface area contributed by atoms with Crippen molar-refractivity contribution in [1.29, 1.82) is 0 Å². The average molecular weight is 566 g/mol. The van der Waals surface area contributed by atoms with Crippen molar-refractivity contribution < 1.29 is 14.3 Å². The lowest BCUT2D eigenvalue weighted by Crippen LogP contribution is -2.30. The van der Waals surface area contributed by atoms with E-state index >= 15 is 0 Å². The van der Waals surface area contributed by atoms with Crippen molar-refractivity contribution in [3.63, 3.8) is 0 Å². The predicted octanol–water partition coefficient (Wildman–Crippen LogP) is 4.42. The van der Waals surface area contributed by atoms with E-state index in [0.29, 0.717) is 38.7 Å². The Labute approximate surface area is 214 Å². The molecule has 180 valence electrons. The smallest absolute Gasteiger partial charge is 0.222 e. The first kappa shape index (κ1) is 26.9. The molecular weight excluding hydrogens is 531 g/mol. The second kappa shape index (κ2) is 14.7. The number of nitrogens with one attached hydrogen (secondary N) is 2. The molecule has 0 unspecified atom stereocenters. The van der Waals surface area contributed by atoms with Crippen molar-refractivity contribution in [2.24, 2.45) is 4.99 Å². The minimum atomic E-state index is 0. The van der Waals surface area contributed by atoms with Crippen molar-refractivity contribution >= 4 is 41.5 Å². The van der Waals surface area contributed by atoms with Crippen LogP contribution in [0.4, 0.5) is 5.69 Å². The molecule has 0 aromatic heterocycles. The molecular formula is C25H35IN4O3. The van der Waals surface area contributed by atoms with E-state index in [9.17, 15) is 4.79 Å². The largest absolute Gasteiger partial charge is 0.493 e. The fraction of sp³-hybridized carbons (Fsp3) is 0.440. The first-order valence-electron chi connectivity index (χ1n) is 11.3. The van der Waals surface area contributed by atoms with Gasteiger partial charge in [0, 0.05) is 57.9 Å². The number of hydrogen-bond acceptors (Lipinski definition) is 4. The molecule has 0 aliphatic carbocycles. The third kappa shape index (κ3) is 9.21. The molecule has 0 bridgehead atoms. The fourth-order valence-electron chi connectivity index (χ4n) is 3.59. The number of amides is 1. The highest BCUT2D eigenvalue weighted by molar-refractivity contribution is 14.0. The van der Waals surface area contributed by atoms with Crippen LogP contribution in [0.5, 0.6) is 5.75 Å². The first-order chi connectivity index (χ1) is 15.7. The number of benzene rings is 2. The van der Waals surface area contributed by atoms with Gasteiger partial charge in [-0.3, -0.25) is 4.79 Å². The van der Waals surface area contributed by atoms with Gasteiger partial charge in [0.1, 0.15) is 5.75 Å². The van der Waals surface area contributed by atoms with Gasteiger partial charge in [-0.05, 0) is 36.6 Å². The topological polar surface area (TPSA) is 75.2 Å². The van der Waals surface area contributed by atoms with Crippen LogP contribution in [-0.2, 0) is 22.6 Å². The SMILES string of the molecule is CCNC(=NCc1cccc(CN2CCCC2=O)c1)Nc1cccc(OCCCOC)c1.I. The van der Waals surface area contributed by atoms with E-state index in [1.165, 1.54) is 0 Å². The maximum Gasteiger partial charge on any atom is 0.222 e. The summed E-state index contributed by atoms with van der Waals surface area (Å²) in [6.45, 7) is 6.17. The predicted molar refractivity (Wildman–Crippen MR) is 143 cm³/mol. The van der Waals surface area contributed by atoms with Gasteiger partial charge in [0.05, 0.1) is 13.2 Å². The lowest BCUT2D eigenvalue weighted by molar-refractivity contribution is -0.128. The number of halogens is 1. The highest BCUT2D eigenvalue weighted by Crippen LogP contribution is 2.18. The summed E-state index contributed by atoms with van der Waals surface area (Å²) < 4.78 is 10.8. The average Bonchev–Trinajstić information content (AvgIpc) is 3.20. The Morgan fingerprint density at radius 3 is 2.70 bits per heavy atom. The van der Waals surface area contributed by atoms with Gasteiger partial charge in [-0.25, -0.2) is 4.99 Å². The standard InChI is InChI=1S/C25H34N4O3.HI/c1-3-26-25(28-22-10-5-11-23(17-22)32-15-7-14-31-2)27-18-20-8-4-9-21(16-20)19-29-13-6-12-24(29)30;/h4-5,8-11,16-17H,3,6-7,12-15,18-19H2,1-2H3,(H2,26,27,28);1H. The van der Waals surface area contributed by atoms with Crippen molar-refractivity contribution in [3.05, 3.63) is 59.7 Å². The quantitative estimate of drug-likeness (QED) is 0.182. The number of likely N-dealkylation sites (tertiary alicyclic amines) is 1. The Hall–Kier alpha value is -2.33. The molecule has 0 radical (unpaired) electrons. The van der Waals surface area contributed by atoms with Crippen LogP contribution in [0.2, 0.25) is 0 Å². The van der Waals surface area contributed by atoms with E-state index in [1.54, 1.807) is 7.11 Å². The summed E-state index contributed by atoms with van der Waals surface area (Å²) in [5.41, 5.74) is 3.17. The summed E-state index contributed by atoms with van der Waals surface area (Å²) >= 11 is 0. The molecule has 8 heteroatoms. The maximum atomic E-state index is 11.9. The first-order valence-corrected chi connectivity index (χ1v) is 11.3. The van der Waals surface area contributed by atoms with Crippen LogP contribution in [0.1, 0.15) is 37.3 Å². The number of hydrogen-bond donors (Lipinski definition) is 2. The van der Waals surface area contributed by atoms with Gasteiger partial charge >= 0.3 is 0 Å². The molecule has 2 aromatic rings.